The van der Waals surface area contributed by atoms with Crippen molar-refractivity contribution in [3.8, 4) is 0 Å². The first-order chi connectivity index (χ1) is 9.79. The van der Waals surface area contributed by atoms with Crippen LogP contribution < -0.4 is 4.72 Å². The van der Waals surface area contributed by atoms with E-state index in [2.05, 4.69) is 4.72 Å². The van der Waals surface area contributed by atoms with Crippen molar-refractivity contribution in [3.05, 3.63) is 52.4 Å². The number of carboxylic acid groups (broad SMARTS) is 1. The van der Waals surface area contributed by atoms with Gasteiger partial charge in [-0.2, -0.15) is 0 Å². The van der Waals surface area contributed by atoms with E-state index < -0.39 is 22.0 Å². The fraction of sp³-hybridized carbons (Fsp3) is 0.214. The van der Waals surface area contributed by atoms with Crippen LogP contribution in [0.1, 0.15) is 33.8 Å². The second-order valence-corrected chi connectivity index (χ2v) is 7.71. The molecule has 1 atom stereocenters. The lowest BCUT2D eigenvalue weighted by Gasteiger charge is -2.14. The maximum atomic E-state index is 12.2. The van der Waals surface area contributed by atoms with E-state index in [1.807, 2.05) is 31.2 Å². The number of sulfonamides is 1. The minimum absolute atomic E-state index is 0.000553. The number of aromatic carboxylic acids is 1. The summed E-state index contributed by atoms with van der Waals surface area (Å²) in [6.45, 7) is 3.68. The van der Waals surface area contributed by atoms with E-state index >= 15 is 0 Å². The maximum Gasteiger partial charge on any atom is 0.345 e. The second-order valence-electron chi connectivity index (χ2n) is 4.68. The molecule has 5 nitrogen and oxygen atoms in total. The van der Waals surface area contributed by atoms with Gasteiger partial charge in [-0.25, -0.2) is 17.9 Å². The molecule has 0 aliphatic heterocycles. The molecule has 2 N–H and O–H groups in total. The van der Waals surface area contributed by atoms with Crippen LogP contribution >= 0.6 is 11.3 Å². The smallest absolute Gasteiger partial charge is 0.345 e. The second kappa shape index (κ2) is 5.97. The molecule has 1 aromatic carbocycles. The SMILES string of the molecule is Cc1cccc([C@H](C)NS(=O)(=O)c2ccc(C(=O)O)s2)c1. The van der Waals surface area contributed by atoms with Gasteiger partial charge >= 0.3 is 5.97 Å². The van der Waals surface area contributed by atoms with E-state index in [-0.39, 0.29) is 9.09 Å². The van der Waals surface area contributed by atoms with Crippen LogP contribution in [0.5, 0.6) is 0 Å². The molecule has 0 saturated heterocycles. The van der Waals surface area contributed by atoms with Crippen molar-refractivity contribution in [2.45, 2.75) is 24.1 Å². The lowest BCUT2D eigenvalue weighted by atomic mass is 10.1. The van der Waals surface area contributed by atoms with Crippen molar-refractivity contribution in [2.24, 2.45) is 0 Å². The number of benzene rings is 1. The first-order valence-electron chi connectivity index (χ1n) is 6.21. The molecular formula is C14H15NO4S2. The molecule has 0 radical (unpaired) electrons. The van der Waals surface area contributed by atoms with Crippen molar-refractivity contribution in [1.29, 1.82) is 0 Å². The summed E-state index contributed by atoms with van der Waals surface area (Å²) >= 11 is 0.738. The normalized spacial score (nSPS) is 13.0. The Kier molecular flexibility index (Phi) is 4.46. The number of carbonyl (C=O) groups is 1. The molecule has 0 amide bonds. The van der Waals surface area contributed by atoms with Crippen molar-refractivity contribution in [3.63, 3.8) is 0 Å². The lowest BCUT2D eigenvalue weighted by molar-refractivity contribution is 0.0702. The maximum absolute atomic E-state index is 12.2. The first-order valence-corrected chi connectivity index (χ1v) is 8.51. The third kappa shape index (κ3) is 3.69. The largest absolute Gasteiger partial charge is 0.477 e. The van der Waals surface area contributed by atoms with Gasteiger partial charge in [-0.05, 0) is 31.5 Å². The van der Waals surface area contributed by atoms with Crippen LogP contribution in [0.15, 0.2) is 40.6 Å². The predicted molar refractivity (Wildman–Crippen MR) is 81.2 cm³/mol. The standard InChI is InChI=1S/C14H15NO4S2/c1-9-4-3-5-11(8-9)10(2)15-21(18,19)13-7-6-12(20-13)14(16)17/h3-8,10,15H,1-2H3,(H,16,17)/t10-/m0/s1. The van der Waals surface area contributed by atoms with Crippen molar-refractivity contribution >= 4 is 27.3 Å². The first kappa shape index (κ1) is 15.7. The quantitative estimate of drug-likeness (QED) is 0.885. The summed E-state index contributed by atoms with van der Waals surface area (Å²) < 4.78 is 27.0. The Morgan fingerprint density at radius 2 is 2.00 bits per heavy atom. The highest BCUT2D eigenvalue weighted by Gasteiger charge is 2.21. The molecule has 2 aromatic rings. The summed E-state index contributed by atoms with van der Waals surface area (Å²) in [5.74, 6) is -1.13. The summed E-state index contributed by atoms with van der Waals surface area (Å²) in [6, 6.07) is 9.75. The van der Waals surface area contributed by atoms with Gasteiger partial charge in [0, 0.05) is 6.04 Å². The lowest BCUT2D eigenvalue weighted by Crippen LogP contribution is -2.26. The molecule has 0 bridgehead atoms. The number of carboxylic acids is 1. The van der Waals surface area contributed by atoms with E-state index in [9.17, 15) is 13.2 Å². The molecule has 0 aliphatic rings. The van der Waals surface area contributed by atoms with Gasteiger partial charge in [0.25, 0.3) is 10.0 Å². The molecular weight excluding hydrogens is 310 g/mol. The summed E-state index contributed by atoms with van der Waals surface area (Å²) in [5.41, 5.74) is 1.90. The molecule has 1 aromatic heterocycles. The molecule has 1 heterocycles. The molecule has 0 saturated carbocycles. The van der Waals surface area contributed by atoms with Gasteiger partial charge in [-0.15, -0.1) is 11.3 Å². The number of rotatable bonds is 5. The molecule has 0 spiro atoms. The van der Waals surface area contributed by atoms with Crippen LogP contribution in [-0.4, -0.2) is 19.5 Å². The highest BCUT2D eigenvalue weighted by atomic mass is 32.2. The van der Waals surface area contributed by atoms with Gasteiger partial charge in [0.1, 0.15) is 9.09 Å². The van der Waals surface area contributed by atoms with Crippen molar-refractivity contribution < 1.29 is 18.3 Å². The number of thiophene rings is 1. The molecule has 112 valence electrons. The Labute approximate surface area is 127 Å². The van der Waals surface area contributed by atoms with Gasteiger partial charge < -0.3 is 5.11 Å². The number of hydrogen-bond donors (Lipinski definition) is 2. The number of nitrogens with one attached hydrogen (secondary N) is 1. The van der Waals surface area contributed by atoms with Crippen LogP contribution in [0.25, 0.3) is 0 Å². The van der Waals surface area contributed by atoms with Gasteiger partial charge in [-0.3, -0.25) is 0 Å². The van der Waals surface area contributed by atoms with Crippen LogP contribution in [0.3, 0.4) is 0 Å². The van der Waals surface area contributed by atoms with Gasteiger partial charge in [0.05, 0.1) is 0 Å². The van der Waals surface area contributed by atoms with E-state index in [4.69, 9.17) is 5.11 Å². The summed E-state index contributed by atoms with van der Waals surface area (Å²) in [6.07, 6.45) is 0. The highest BCUT2D eigenvalue weighted by molar-refractivity contribution is 7.91. The van der Waals surface area contributed by atoms with Gasteiger partial charge in [0.2, 0.25) is 0 Å². The van der Waals surface area contributed by atoms with E-state index in [1.54, 1.807) is 6.92 Å². The van der Waals surface area contributed by atoms with Crippen molar-refractivity contribution in [1.82, 2.24) is 4.72 Å². The Hall–Kier alpha value is -1.70. The monoisotopic (exact) mass is 325 g/mol. The zero-order chi connectivity index (χ0) is 15.6. The third-order valence-electron chi connectivity index (χ3n) is 2.93. The Morgan fingerprint density at radius 3 is 2.57 bits per heavy atom. The van der Waals surface area contributed by atoms with E-state index in [0.717, 1.165) is 22.5 Å². The number of aryl methyl sites for hydroxylation is 1. The van der Waals surface area contributed by atoms with Crippen LogP contribution in [0, 0.1) is 6.92 Å². The zero-order valence-corrected chi connectivity index (χ0v) is 13.2. The number of hydrogen-bond acceptors (Lipinski definition) is 4. The molecule has 0 fully saturated rings. The Morgan fingerprint density at radius 1 is 1.29 bits per heavy atom. The fourth-order valence-electron chi connectivity index (χ4n) is 1.88. The summed E-state index contributed by atoms with van der Waals surface area (Å²) in [4.78, 5) is 10.8. The van der Waals surface area contributed by atoms with Crippen LogP contribution in [-0.2, 0) is 10.0 Å². The molecule has 2 rings (SSSR count). The minimum Gasteiger partial charge on any atom is -0.477 e. The Balaban J connectivity index is 2.22. The minimum atomic E-state index is -3.73. The molecule has 0 aliphatic carbocycles. The van der Waals surface area contributed by atoms with Gasteiger partial charge in [0.15, 0.2) is 0 Å². The average molecular weight is 325 g/mol. The van der Waals surface area contributed by atoms with E-state index in [0.29, 0.717) is 0 Å². The zero-order valence-electron chi connectivity index (χ0n) is 11.5. The highest BCUT2D eigenvalue weighted by Crippen LogP contribution is 2.24. The molecule has 7 heteroatoms. The van der Waals surface area contributed by atoms with Crippen LogP contribution in [0.4, 0.5) is 0 Å². The fourth-order valence-corrected chi connectivity index (χ4v) is 4.27. The Bertz CT molecular complexity index is 765. The van der Waals surface area contributed by atoms with Gasteiger partial charge in [-0.1, -0.05) is 29.8 Å². The van der Waals surface area contributed by atoms with Crippen LogP contribution in [0.2, 0.25) is 0 Å². The average Bonchev–Trinajstić information content (AvgIpc) is 2.88. The topological polar surface area (TPSA) is 83.5 Å². The summed E-state index contributed by atoms with van der Waals surface area (Å²) in [7, 11) is -3.73. The molecule has 0 unspecified atom stereocenters. The predicted octanol–water partition coefficient (Wildman–Crippen LogP) is 2.79. The summed E-state index contributed by atoms with van der Waals surface area (Å²) in [5, 5.41) is 8.85. The van der Waals surface area contributed by atoms with Crippen molar-refractivity contribution in [2.75, 3.05) is 0 Å². The molecule has 21 heavy (non-hydrogen) atoms. The van der Waals surface area contributed by atoms with E-state index in [1.165, 1.54) is 12.1 Å². The third-order valence-corrected chi connectivity index (χ3v) is 6.04.